The molecule has 1 nitrogen and oxygen atoms in total. The lowest BCUT2D eigenvalue weighted by atomic mass is 10.2. The lowest BCUT2D eigenvalue weighted by Crippen LogP contribution is -1.78. The SMILES string of the molecule is Brc1ccc2nc(Br)ccc2c1. The number of pyridine rings is 1. The summed E-state index contributed by atoms with van der Waals surface area (Å²) in [5, 5.41) is 1.15. The molecule has 0 unspecified atom stereocenters. The molecule has 1 heterocycles. The zero-order chi connectivity index (χ0) is 8.55. The third kappa shape index (κ3) is 1.52. The minimum atomic E-state index is 0.873. The van der Waals surface area contributed by atoms with E-state index >= 15 is 0 Å². The van der Waals surface area contributed by atoms with Gasteiger partial charge in [-0.2, -0.15) is 0 Å². The Morgan fingerprint density at radius 3 is 2.67 bits per heavy atom. The fourth-order valence-corrected chi connectivity index (χ4v) is 1.77. The first kappa shape index (κ1) is 8.20. The summed E-state index contributed by atoms with van der Waals surface area (Å²) in [5.41, 5.74) is 1.01. The van der Waals surface area contributed by atoms with E-state index in [0.717, 1.165) is 20.0 Å². The Balaban J connectivity index is 2.79. The van der Waals surface area contributed by atoms with Gasteiger partial charge in [0, 0.05) is 9.86 Å². The average Bonchev–Trinajstić information content (AvgIpc) is 2.05. The molecule has 1 aromatic carbocycles. The molecule has 2 rings (SSSR count). The van der Waals surface area contributed by atoms with Crippen LogP contribution in [-0.2, 0) is 0 Å². The molecule has 60 valence electrons. The molecular weight excluding hydrogens is 282 g/mol. The fourth-order valence-electron chi connectivity index (χ4n) is 1.07. The Labute approximate surface area is 87.1 Å². The van der Waals surface area contributed by atoms with Gasteiger partial charge in [-0.1, -0.05) is 22.0 Å². The van der Waals surface area contributed by atoms with Gasteiger partial charge < -0.3 is 0 Å². The summed E-state index contributed by atoms with van der Waals surface area (Å²) in [4.78, 5) is 4.31. The van der Waals surface area contributed by atoms with Gasteiger partial charge in [-0.25, -0.2) is 4.98 Å². The Morgan fingerprint density at radius 2 is 1.83 bits per heavy atom. The Morgan fingerprint density at radius 1 is 1.00 bits per heavy atom. The molecule has 0 bridgehead atoms. The molecule has 0 aliphatic heterocycles. The standard InChI is InChI=1S/C9H5Br2N/c10-7-2-3-8-6(5-7)1-4-9(11)12-8/h1-5H. The molecule has 2 aromatic rings. The van der Waals surface area contributed by atoms with Crippen LogP contribution in [0.5, 0.6) is 0 Å². The van der Waals surface area contributed by atoms with Crippen molar-refractivity contribution in [3.05, 3.63) is 39.4 Å². The van der Waals surface area contributed by atoms with E-state index in [1.807, 2.05) is 24.3 Å². The van der Waals surface area contributed by atoms with Crippen molar-refractivity contribution in [1.29, 1.82) is 0 Å². The van der Waals surface area contributed by atoms with E-state index in [9.17, 15) is 0 Å². The second kappa shape index (κ2) is 3.15. The molecule has 0 aliphatic rings. The van der Waals surface area contributed by atoms with E-state index in [4.69, 9.17) is 0 Å². The smallest absolute Gasteiger partial charge is 0.106 e. The lowest BCUT2D eigenvalue weighted by Gasteiger charge is -1.97. The Kier molecular flexibility index (Phi) is 2.15. The zero-order valence-electron chi connectivity index (χ0n) is 6.09. The van der Waals surface area contributed by atoms with Crippen LogP contribution in [0, 0.1) is 0 Å². The predicted octanol–water partition coefficient (Wildman–Crippen LogP) is 3.76. The zero-order valence-corrected chi connectivity index (χ0v) is 9.26. The van der Waals surface area contributed by atoms with Crippen LogP contribution in [0.15, 0.2) is 39.4 Å². The first-order valence-corrected chi connectivity index (χ1v) is 5.06. The summed E-state index contributed by atoms with van der Waals surface area (Å²) >= 11 is 6.74. The van der Waals surface area contributed by atoms with E-state index in [0.29, 0.717) is 0 Å². The second-order valence-electron chi connectivity index (χ2n) is 2.47. The van der Waals surface area contributed by atoms with Gasteiger partial charge in [0.05, 0.1) is 5.52 Å². The maximum Gasteiger partial charge on any atom is 0.106 e. The van der Waals surface area contributed by atoms with Gasteiger partial charge in [0.15, 0.2) is 0 Å². The van der Waals surface area contributed by atoms with Gasteiger partial charge >= 0.3 is 0 Å². The highest BCUT2D eigenvalue weighted by Crippen LogP contribution is 2.19. The third-order valence-corrected chi connectivity index (χ3v) is 2.55. The molecule has 0 N–H and O–H groups in total. The molecule has 0 saturated heterocycles. The van der Waals surface area contributed by atoms with Crippen LogP contribution in [0.25, 0.3) is 10.9 Å². The number of benzene rings is 1. The summed E-state index contributed by atoms with van der Waals surface area (Å²) in [6.07, 6.45) is 0. The van der Waals surface area contributed by atoms with Crippen LogP contribution < -0.4 is 0 Å². The van der Waals surface area contributed by atoms with Crippen LogP contribution >= 0.6 is 31.9 Å². The molecule has 3 heteroatoms. The van der Waals surface area contributed by atoms with Crippen LogP contribution in [0.3, 0.4) is 0 Å². The van der Waals surface area contributed by atoms with E-state index < -0.39 is 0 Å². The summed E-state index contributed by atoms with van der Waals surface area (Å²) in [5.74, 6) is 0. The van der Waals surface area contributed by atoms with Gasteiger partial charge in [-0.3, -0.25) is 0 Å². The number of hydrogen-bond donors (Lipinski definition) is 0. The maximum atomic E-state index is 4.31. The van der Waals surface area contributed by atoms with E-state index in [2.05, 4.69) is 42.9 Å². The van der Waals surface area contributed by atoms with Gasteiger partial charge in [0.2, 0.25) is 0 Å². The third-order valence-electron chi connectivity index (χ3n) is 1.62. The molecular formula is C9H5Br2N. The van der Waals surface area contributed by atoms with Gasteiger partial charge in [-0.15, -0.1) is 0 Å². The topological polar surface area (TPSA) is 12.9 Å². The minimum Gasteiger partial charge on any atom is -0.241 e. The van der Waals surface area contributed by atoms with E-state index in [-0.39, 0.29) is 0 Å². The van der Waals surface area contributed by atoms with E-state index in [1.54, 1.807) is 0 Å². The van der Waals surface area contributed by atoms with Crippen molar-refractivity contribution in [1.82, 2.24) is 4.98 Å². The van der Waals surface area contributed by atoms with Crippen LogP contribution in [-0.4, -0.2) is 4.98 Å². The predicted molar refractivity (Wildman–Crippen MR) is 57.1 cm³/mol. The van der Waals surface area contributed by atoms with Gasteiger partial charge in [-0.05, 0) is 40.2 Å². The van der Waals surface area contributed by atoms with E-state index in [1.165, 1.54) is 0 Å². The minimum absolute atomic E-state index is 0.873. The highest BCUT2D eigenvalue weighted by Gasteiger charge is 1.95. The van der Waals surface area contributed by atoms with Crippen LogP contribution in [0.4, 0.5) is 0 Å². The lowest BCUT2D eigenvalue weighted by molar-refractivity contribution is 1.35. The summed E-state index contributed by atoms with van der Waals surface area (Å²) in [7, 11) is 0. The monoisotopic (exact) mass is 285 g/mol. The van der Waals surface area contributed by atoms with Crippen LogP contribution in [0.2, 0.25) is 0 Å². The molecule has 0 atom stereocenters. The normalized spacial score (nSPS) is 10.5. The molecule has 0 radical (unpaired) electrons. The van der Waals surface area contributed by atoms with Crippen molar-refractivity contribution in [2.24, 2.45) is 0 Å². The average molecular weight is 287 g/mol. The number of nitrogens with zero attached hydrogens (tertiary/aromatic N) is 1. The van der Waals surface area contributed by atoms with Gasteiger partial charge in [0.1, 0.15) is 4.60 Å². The first-order valence-electron chi connectivity index (χ1n) is 3.47. The van der Waals surface area contributed by atoms with Crippen molar-refractivity contribution in [2.45, 2.75) is 0 Å². The molecule has 0 spiro atoms. The molecule has 0 saturated carbocycles. The molecule has 1 aromatic heterocycles. The summed E-state index contributed by atoms with van der Waals surface area (Å²) in [6, 6.07) is 10.0. The fraction of sp³-hybridized carbons (Fsp3) is 0. The second-order valence-corrected chi connectivity index (χ2v) is 4.20. The molecule has 0 aliphatic carbocycles. The largest absolute Gasteiger partial charge is 0.241 e. The number of rotatable bonds is 0. The van der Waals surface area contributed by atoms with Crippen LogP contribution in [0.1, 0.15) is 0 Å². The Bertz CT molecular complexity index is 385. The van der Waals surface area contributed by atoms with Crippen molar-refractivity contribution >= 4 is 42.8 Å². The summed E-state index contributed by atoms with van der Waals surface area (Å²) in [6.45, 7) is 0. The number of hydrogen-bond acceptors (Lipinski definition) is 1. The van der Waals surface area contributed by atoms with Gasteiger partial charge in [0.25, 0.3) is 0 Å². The first-order chi connectivity index (χ1) is 5.75. The number of aromatic nitrogens is 1. The molecule has 12 heavy (non-hydrogen) atoms. The maximum absolute atomic E-state index is 4.31. The number of halogens is 2. The van der Waals surface area contributed by atoms with Crippen molar-refractivity contribution < 1.29 is 0 Å². The van der Waals surface area contributed by atoms with Crippen molar-refractivity contribution in [3.63, 3.8) is 0 Å². The molecule has 0 amide bonds. The summed E-state index contributed by atoms with van der Waals surface area (Å²) < 4.78 is 1.96. The quantitative estimate of drug-likeness (QED) is 0.672. The highest BCUT2D eigenvalue weighted by atomic mass is 79.9. The van der Waals surface area contributed by atoms with Crippen molar-refractivity contribution in [3.8, 4) is 0 Å². The Hall–Kier alpha value is -0.410. The molecule has 0 fully saturated rings. The highest BCUT2D eigenvalue weighted by molar-refractivity contribution is 9.10. The van der Waals surface area contributed by atoms with Crippen molar-refractivity contribution in [2.75, 3.05) is 0 Å². The number of fused-ring (bicyclic) bond motifs is 1.